The van der Waals surface area contributed by atoms with Gasteiger partial charge in [-0.05, 0) is 0 Å². The van der Waals surface area contributed by atoms with E-state index in [4.69, 9.17) is 5.21 Å². The number of nitrogens with zero attached hydrogens (tertiary/aromatic N) is 1. The summed E-state index contributed by atoms with van der Waals surface area (Å²) in [4.78, 5) is 10.1. The zero-order chi connectivity index (χ0) is 8.36. The molecule has 58 valence electrons. The molecular weight excluding hydrogens is 160 g/mol. The van der Waals surface area contributed by atoms with E-state index in [-0.39, 0.29) is 0 Å². The van der Waals surface area contributed by atoms with E-state index in [0.717, 1.165) is 0 Å². The second kappa shape index (κ2) is 2.65. The first-order valence-corrected chi connectivity index (χ1v) is 4.00. The van der Waals surface area contributed by atoms with Crippen LogP contribution in [-0.4, -0.2) is 30.8 Å². The van der Waals surface area contributed by atoms with Gasteiger partial charge in [-0.2, -0.15) is 0 Å². The van der Waals surface area contributed by atoms with E-state index >= 15 is 0 Å². The molecule has 0 aromatic heterocycles. The fourth-order valence-corrected chi connectivity index (χ4v) is 0.820. The van der Waals surface area contributed by atoms with Crippen LogP contribution in [0.2, 0.25) is 0 Å². The number of sulfone groups is 1. The van der Waals surface area contributed by atoms with E-state index in [9.17, 15) is 13.2 Å². The number of rotatable bonds is 0. The monoisotopic (exact) mass is 166 g/mol. The average Bonchev–Trinajstić information content (AvgIpc) is 1.60. The molecule has 0 aliphatic heterocycles. The molecule has 0 aliphatic rings. The fraction of sp³-hybridized carbons (Fsp3) is 0.333. The molecule has 0 fully saturated rings. The lowest BCUT2D eigenvalue weighted by Gasteiger charge is -1.92. The van der Waals surface area contributed by atoms with Crippen LogP contribution in [0.4, 0.5) is 0 Å². The Kier molecular flexibility index (Phi) is 2.36. The Morgan fingerprint density at radius 2 is 2.00 bits per heavy atom. The van der Waals surface area contributed by atoms with Gasteiger partial charge in [-0.3, -0.25) is 4.79 Å². The first-order chi connectivity index (χ1) is 4.39. The molecule has 0 rings (SSSR count). The van der Waals surface area contributed by atoms with Crippen LogP contribution in [0.3, 0.4) is 0 Å². The van der Waals surface area contributed by atoms with Crippen molar-refractivity contribution < 1.29 is 18.4 Å². The van der Waals surface area contributed by atoms with Gasteiger partial charge in [0.2, 0.25) is 9.84 Å². The Balaban J connectivity index is 4.95. The van der Waals surface area contributed by atoms with Crippen molar-refractivity contribution >= 4 is 20.8 Å². The predicted octanol–water partition coefficient (Wildman–Crippen LogP) is -1.70. The highest BCUT2D eigenvalue weighted by atomic mass is 32.2. The SMILES string of the molecule is CS(=O)(=O)C(=NO)C(N)=O. The number of carbonyl (C=O) groups excluding carboxylic acids is 1. The van der Waals surface area contributed by atoms with Crippen molar-refractivity contribution in [3.63, 3.8) is 0 Å². The molecule has 3 N–H and O–H groups in total. The van der Waals surface area contributed by atoms with Gasteiger partial charge in [0.05, 0.1) is 0 Å². The maximum absolute atomic E-state index is 10.4. The summed E-state index contributed by atoms with van der Waals surface area (Å²) in [5.41, 5.74) is 4.52. The minimum atomic E-state index is -3.79. The minimum Gasteiger partial charge on any atom is -0.410 e. The summed E-state index contributed by atoms with van der Waals surface area (Å²) in [6.45, 7) is 0. The number of amides is 1. The van der Waals surface area contributed by atoms with Gasteiger partial charge in [0.1, 0.15) is 0 Å². The highest BCUT2D eigenvalue weighted by Gasteiger charge is 2.19. The number of hydrogen-bond acceptors (Lipinski definition) is 5. The number of oxime groups is 1. The molecule has 0 aromatic carbocycles. The average molecular weight is 166 g/mol. The van der Waals surface area contributed by atoms with Crippen LogP contribution < -0.4 is 5.73 Å². The molecule has 10 heavy (non-hydrogen) atoms. The van der Waals surface area contributed by atoms with Crippen LogP contribution in [0.1, 0.15) is 0 Å². The van der Waals surface area contributed by atoms with E-state index in [1.165, 1.54) is 0 Å². The zero-order valence-electron chi connectivity index (χ0n) is 5.10. The van der Waals surface area contributed by atoms with E-state index in [0.29, 0.717) is 6.26 Å². The third kappa shape index (κ3) is 2.02. The minimum absolute atomic E-state index is 0.715. The van der Waals surface area contributed by atoms with Gasteiger partial charge in [-0.15, -0.1) is 0 Å². The second-order valence-corrected chi connectivity index (χ2v) is 3.47. The van der Waals surface area contributed by atoms with Crippen LogP contribution in [0, 0.1) is 0 Å². The number of nitrogens with two attached hydrogens (primary N) is 1. The fourth-order valence-electron chi connectivity index (χ4n) is 0.306. The lowest BCUT2D eigenvalue weighted by molar-refractivity contribution is -0.111. The molecule has 1 amide bonds. The van der Waals surface area contributed by atoms with Crippen molar-refractivity contribution in [3.8, 4) is 0 Å². The Bertz CT molecular complexity index is 264. The number of primary amides is 1. The normalized spacial score (nSPS) is 13.1. The van der Waals surface area contributed by atoms with Crippen molar-refractivity contribution in [1.29, 1.82) is 0 Å². The van der Waals surface area contributed by atoms with Gasteiger partial charge < -0.3 is 10.9 Å². The van der Waals surface area contributed by atoms with Crippen LogP contribution in [0.15, 0.2) is 5.16 Å². The summed E-state index contributed by atoms with van der Waals surface area (Å²) in [5, 5.41) is 9.12. The third-order valence-corrected chi connectivity index (χ3v) is 1.64. The lowest BCUT2D eigenvalue weighted by atomic mass is 10.7. The molecule has 0 spiro atoms. The molecule has 7 heteroatoms. The van der Waals surface area contributed by atoms with Crippen LogP contribution in [0.5, 0.6) is 0 Å². The van der Waals surface area contributed by atoms with Crippen molar-refractivity contribution in [3.05, 3.63) is 0 Å². The molecule has 0 saturated heterocycles. The van der Waals surface area contributed by atoms with Gasteiger partial charge >= 0.3 is 0 Å². The van der Waals surface area contributed by atoms with Crippen LogP contribution >= 0.6 is 0 Å². The summed E-state index contributed by atoms with van der Waals surface area (Å²) in [6, 6.07) is 0. The summed E-state index contributed by atoms with van der Waals surface area (Å²) >= 11 is 0. The van der Waals surface area contributed by atoms with E-state index < -0.39 is 20.8 Å². The molecule has 0 aliphatic carbocycles. The molecule has 0 atom stereocenters. The third-order valence-electron chi connectivity index (χ3n) is 0.653. The van der Waals surface area contributed by atoms with Crippen molar-refractivity contribution in [2.75, 3.05) is 6.26 Å². The molecule has 0 heterocycles. The highest BCUT2D eigenvalue weighted by molar-refractivity contribution is 8.07. The van der Waals surface area contributed by atoms with E-state index in [2.05, 4.69) is 10.9 Å². The topological polar surface area (TPSA) is 110 Å². The van der Waals surface area contributed by atoms with Gasteiger partial charge in [0.15, 0.2) is 0 Å². The first kappa shape index (κ1) is 8.89. The van der Waals surface area contributed by atoms with Gasteiger partial charge in [0.25, 0.3) is 11.0 Å². The summed E-state index contributed by atoms with van der Waals surface area (Å²) < 4.78 is 20.8. The predicted molar refractivity (Wildman–Crippen MR) is 33.3 cm³/mol. The Hall–Kier alpha value is -1.11. The molecule has 0 unspecified atom stereocenters. The second-order valence-electron chi connectivity index (χ2n) is 1.54. The van der Waals surface area contributed by atoms with Crippen LogP contribution in [-0.2, 0) is 14.6 Å². The smallest absolute Gasteiger partial charge is 0.282 e. The van der Waals surface area contributed by atoms with Crippen LogP contribution in [0.25, 0.3) is 0 Å². The summed E-state index contributed by atoms with van der Waals surface area (Å²) in [6.07, 6.45) is 0.715. The molecule has 0 bridgehead atoms. The summed E-state index contributed by atoms with van der Waals surface area (Å²) in [5.74, 6) is -1.27. The Morgan fingerprint density at radius 3 is 2.00 bits per heavy atom. The van der Waals surface area contributed by atoms with Crippen molar-refractivity contribution in [1.82, 2.24) is 0 Å². The number of carbonyl (C=O) groups is 1. The maximum Gasteiger partial charge on any atom is 0.282 e. The molecule has 0 saturated carbocycles. The van der Waals surface area contributed by atoms with Gasteiger partial charge in [-0.1, -0.05) is 5.16 Å². The maximum atomic E-state index is 10.4. The number of hydrogen-bond donors (Lipinski definition) is 2. The van der Waals surface area contributed by atoms with Crippen molar-refractivity contribution in [2.45, 2.75) is 0 Å². The highest BCUT2D eigenvalue weighted by Crippen LogP contribution is 1.87. The molecule has 0 radical (unpaired) electrons. The molecule has 0 aromatic rings. The Morgan fingerprint density at radius 1 is 1.60 bits per heavy atom. The zero-order valence-corrected chi connectivity index (χ0v) is 5.92. The Labute approximate surface area is 57.2 Å². The quantitative estimate of drug-likeness (QED) is 0.193. The van der Waals surface area contributed by atoms with E-state index in [1.54, 1.807) is 0 Å². The van der Waals surface area contributed by atoms with Gasteiger partial charge in [0, 0.05) is 6.26 Å². The lowest BCUT2D eigenvalue weighted by Crippen LogP contribution is -2.29. The largest absolute Gasteiger partial charge is 0.410 e. The standard InChI is InChI=1S/C3H6N2O4S/c1-10(8,9)3(5-7)2(4)6/h7H,1H3,(H2,4,6). The summed E-state index contributed by atoms with van der Waals surface area (Å²) in [7, 11) is -3.79. The molecular formula is C3H6N2O4S. The first-order valence-electron chi connectivity index (χ1n) is 2.11. The van der Waals surface area contributed by atoms with Crippen molar-refractivity contribution in [2.24, 2.45) is 10.9 Å². The molecule has 6 nitrogen and oxygen atoms in total. The van der Waals surface area contributed by atoms with E-state index in [1.807, 2.05) is 0 Å². The van der Waals surface area contributed by atoms with Gasteiger partial charge in [-0.25, -0.2) is 8.42 Å².